The van der Waals surface area contributed by atoms with Crippen LogP contribution in [0, 0.1) is 5.82 Å². The van der Waals surface area contributed by atoms with Gasteiger partial charge in [-0.2, -0.15) is 0 Å². The minimum atomic E-state index is -0.204. The summed E-state index contributed by atoms with van der Waals surface area (Å²) in [5.74, 6) is -0.0827. The molecule has 0 N–H and O–H groups in total. The Morgan fingerprint density at radius 1 is 1.27 bits per heavy atom. The lowest BCUT2D eigenvalue weighted by Crippen LogP contribution is -2.12. The van der Waals surface area contributed by atoms with Crippen molar-refractivity contribution in [2.24, 2.45) is 0 Å². The highest BCUT2D eigenvalue weighted by Gasteiger charge is 2.22. The average Bonchev–Trinajstić information content (AvgIpc) is 2.16. The van der Waals surface area contributed by atoms with E-state index in [0.717, 1.165) is 12.0 Å². The van der Waals surface area contributed by atoms with Crippen LogP contribution in [0.3, 0.4) is 0 Å². The number of carbonyl (C=O) groups is 1. The molecule has 0 aromatic heterocycles. The topological polar surface area (TPSA) is 17.1 Å². The third-order valence-corrected chi connectivity index (χ3v) is 2.77. The van der Waals surface area contributed by atoms with Crippen LogP contribution in [0.15, 0.2) is 35.9 Å². The number of ketones is 1. The summed E-state index contributed by atoms with van der Waals surface area (Å²) >= 11 is 0. The monoisotopic (exact) mass is 204 g/mol. The molecule has 1 aliphatic carbocycles. The van der Waals surface area contributed by atoms with E-state index in [9.17, 15) is 9.18 Å². The second kappa shape index (κ2) is 3.97. The van der Waals surface area contributed by atoms with E-state index < -0.39 is 0 Å². The van der Waals surface area contributed by atoms with Gasteiger partial charge in [0.15, 0.2) is 5.78 Å². The van der Waals surface area contributed by atoms with E-state index in [1.165, 1.54) is 6.07 Å². The van der Waals surface area contributed by atoms with Crippen LogP contribution in [-0.2, 0) is 4.79 Å². The Hall–Kier alpha value is -1.44. The minimum Gasteiger partial charge on any atom is -0.295 e. The van der Waals surface area contributed by atoms with Gasteiger partial charge in [0.2, 0.25) is 0 Å². The molecule has 1 unspecified atom stereocenters. The van der Waals surface area contributed by atoms with Gasteiger partial charge in [-0.25, -0.2) is 4.39 Å². The molecule has 1 nitrogen and oxygen atoms in total. The van der Waals surface area contributed by atoms with Crippen molar-refractivity contribution in [2.45, 2.75) is 25.7 Å². The van der Waals surface area contributed by atoms with Crippen LogP contribution in [0.4, 0.5) is 4.39 Å². The fourth-order valence-corrected chi connectivity index (χ4v) is 2.12. The Morgan fingerprint density at radius 3 is 2.67 bits per heavy atom. The summed E-state index contributed by atoms with van der Waals surface area (Å²) in [7, 11) is 0. The maximum Gasteiger partial charge on any atom is 0.156 e. The van der Waals surface area contributed by atoms with Gasteiger partial charge >= 0.3 is 0 Å². The molecule has 15 heavy (non-hydrogen) atoms. The first-order chi connectivity index (χ1) is 7.16. The van der Waals surface area contributed by atoms with Crippen LogP contribution < -0.4 is 0 Å². The number of halogens is 1. The molecule has 0 bridgehead atoms. The lowest BCUT2D eigenvalue weighted by molar-refractivity contribution is -0.115. The zero-order valence-electron chi connectivity index (χ0n) is 8.66. The number of hydrogen-bond donors (Lipinski definition) is 0. The van der Waals surface area contributed by atoms with Crippen LogP contribution in [0.2, 0.25) is 0 Å². The molecule has 78 valence electrons. The number of hydrogen-bond acceptors (Lipinski definition) is 1. The first-order valence-corrected chi connectivity index (χ1v) is 5.11. The van der Waals surface area contributed by atoms with E-state index in [2.05, 4.69) is 0 Å². The molecular formula is C13H13FO. The molecule has 0 fully saturated rings. The first-order valence-electron chi connectivity index (χ1n) is 5.11. The lowest BCUT2D eigenvalue weighted by atomic mass is 9.83. The van der Waals surface area contributed by atoms with E-state index in [1.54, 1.807) is 18.2 Å². The third kappa shape index (κ3) is 2.14. The van der Waals surface area contributed by atoms with Gasteiger partial charge < -0.3 is 0 Å². The summed E-state index contributed by atoms with van der Waals surface area (Å²) < 4.78 is 13.5. The molecule has 1 aromatic rings. The SMILES string of the molecule is CC1=CC(=O)CC(c2ccccc2F)C1. The van der Waals surface area contributed by atoms with Crippen molar-refractivity contribution in [1.29, 1.82) is 0 Å². The Morgan fingerprint density at radius 2 is 2.00 bits per heavy atom. The molecule has 1 aliphatic rings. The van der Waals surface area contributed by atoms with Gasteiger partial charge in [-0.3, -0.25) is 4.79 Å². The summed E-state index contributed by atoms with van der Waals surface area (Å²) in [6.45, 7) is 1.92. The quantitative estimate of drug-likeness (QED) is 0.686. The number of rotatable bonds is 1. The predicted octanol–water partition coefficient (Wildman–Crippen LogP) is 3.22. The van der Waals surface area contributed by atoms with Crippen molar-refractivity contribution in [3.63, 3.8) is 0 Å². The van der Waals surface area contributed by atoms with Gasteiger partial charge in [0, 0.05) is 6.42 Å². The van der Waals surface area contributed by atoms with Crippen molar-refractivity contribution in [1.82, 2.24) is 0 Å². The highest BCUT2D eigenvalue weighted by atomic mass is 19.1. The van der Waals surface area contributed by atoms with E-state index in [0.29, 0.717) is 12.0 Å². The van der Waals surface area contributed by atoms with Crippen LogP contribution >= 0.6 is 0 Å². The molecule has 2 heteroatoms. The number of allylic oxidation sites excluding steroid dienone is 2. The standard InChI is InChI=1S/C13H13FO/c1-9-6-10(8-11(15)7-9)12-4-2-3-5-13(12)14/h2-5,7,10H,6,8H2,1H3. The lowest BCUT2D eigenvalue weighted by Gasteiger charge is -2.20. The smallest absolute Gasteiger partial charge is 0.156 e. The van der Waals surface area contributed by atoms with Crippen LogP contribution in [0.25, 0.3) is 0 Å². The average molecular weight is 204 g/mol. The van der Waals surface area contributed by atoms with Crippen molar-refractivity contribution in [2.75, 3.05) is 0 Å². The molecule has 0 saturated heterocycles. The zero-order chi connectivity index (χ0) is 10.8. The predicted molar refractivity (Wildman–Crippen MR) is 57.1 cm³/mol. The maximum absolute atomic E-state index is 13.5. The van der Waals surface area contributed by atoms with Crippen LogP contribution in [0.5, 0.6) is 0 Å². The van der Waals surface area contributed by atoms with Gasteiger partial charge in [0.25, 0.3) is 0 Å². The van der Waals surface area contributed by atoms with Crippen molar-refractivity contribution in [3.05, 3.63) is 47.3 Å². The van der Waals surface area contributed by atoms with E-state index in [1.807, 2.05) is 13.0 Å². The summed E-state index contributed by atoms with van der Waals surface area (Å²) in [5.41, 5.74) is 1.71. The molecule has 1 aromatic carbocycles. The largest absolute Gasteiger partial charge is 0.295 e. The van der Waals surface area contributed by atoms with Crippen molar-refractivity contribution in [3.8, 4) is 0 Å². The fourth-order valence-electron chi connectivity index (χ4n) is 2.12. The summed E-state index contributed by atoms with van der Waals surface area (Å²) in [6.07, 6.45) is 2.88. The van der Waals surface area contributed by atoms with Crippen molar-refractivity contribution < 1.29 is 9.18 Å². The second-order valence-electron chi connectivity index (χ2n) is 4.08. The van der Waals surface area contributed by atoms with Crippen LogP contribution in [0.1, 0.15) is 31.2 Å². The van der Waals surface area contributed by atoms with Crippen molar-refractivity contribution >= 4 is 5.78 Å². The summed E-state index contributed by atoms with van der Waals surface area (Å²) in [4.78, 5) is 11.4. The van der Waals surface area contributed by atoms with Gasteiger partial charge in [-0.05, 0) is 37.0 Å². The highest BCUT2D eigenvalue weighted by molar-refractivity contribution is 5.91. The summed E-state index contributed by atoms with van der Waals surface area (Å²) in [5, 5.41) is 0. The Bertz CT molecular complexity index is 420. The van der Waals surface area contributed by atoms with Crippen LogP contribution in [-0.4, -0.2) is 5.78 Å². The highest BCUT2D eigenvalue weighted by Crippen LogP contribution is 2.32. The minimum absolute atomic E-state index is 0.0173. The molecule has 0 saturated carbocycles. The third-order valence-electron chi connectivity index (χ3n) is 2.77. The second-order valence-corrected chi connectivity index (χ2v) is 4.08. The van der Waals surface area contributed by atoms with Gasteiger partial charge in [0.1, 0.15) is 5.82 Å². The molecule has 0 aliphatic heterocycles. The normalized spacial score (nSPS) is 21.3. The molecule has 0 heterocycles. The Balaban J connectivity index is 2.30. The fraction of sp³-hybridized carbons (Fsp3) is 0.308. The maximum atomic E-state index is 13.5. The van der Waals surface area contributed by atoms with E-state index in [4.69, 9.17) is 0 Å². The van der Waals surface area contributed by atoms with Gasteiger partial charge in [-0.1, -0.05) is 23.8 Å². The molecule has 0 spiro atoms. The first kappa shape index (κ1) is 10.1. The Kier molecular flexibility index (Phi) is 2.67. The number of carbonyl (C=O) groups excluding carboxylic acids is 1. The molecule has 2 rings (SSSR count). The zero-order valence-corrected chi connectivity index (χ0v) is 8.66. The Labute approximate surface area is 88.6 Å². The molecule has 1 atom stereocenters. The molecular weight excluding hydrogens is 191 g/mol. The van der Waals surface area contributed by atoms with E-state index >= 15 is 0 Å². The van der Waals surface area contributed by atoms with Gasteiger partial charge in [0.05, 0.1) is 0 Å². The summed E-state index contributed by atoms with van der Waals surface area (Å²) in [6, 6.07) is 6.71. The number of benzene rings is 1. The molecule has 0 radical (unpaired) electrons. The van der Waals surface area contributed by atoms with E-state index in [-0.39, 0.29) is 17.5 Å². The van der Waals surface area contributed by atoms with Gasteiger partial charge in [-0.15, -0.1) is 0 Å². The molecule has 0 amide bonds.